The van der Waals surface area contributed by atoms with Gasteiger partial charge in [0.2, 0.25) is 10.0 Å². The molecule has 1 atom stereocenters. The maximum absolute atomic E-state index is 12.6. The highest BCUT2D eigenvalue weighted by Crippen LogP contribution is 2.44. The Morgan fingerprint density at radius 2 is 1.59 bits per heavy atom. The molecule has 0 aliphatic carbocycles. The van der Waals surface area contributed by atoms with Crippen LogP contribution in [0.2, 0.25) is 0 Å². The fourth-order valence-corrected chi connectivity index (χ4v) is 4.57. The van der Waals surface area contributed by atoms with Crippen molar-refractivity contribution in [3.63, 3.8) is 0 Å². The number of benzene rings is 2. The number of hydrogen-bond acceptors (Lipinski definition) is 2. The number of rotatable bonds is 5. The summed E-state index contributed by atoms with van der Waals surface area (Å²) in [5, 5.41) is 0. The Bertz CT molecular complexity index is 746. The lowest BCUT2D eigenvalue weighted by Crippen LogP contribution is -2.36. The lowest BCUT2D eigenvalue weighted by Gasteiger charge is -2.27. The van der Waals surface area contributed by atoms with Crippen molar-refractivity contribution < 1.29 is 8.42 Å². The summed E-state index contributed by atoms with van der Waals surface area (Å²) in [7, 11) is -3.70. The van der Waals surface area contributed by atoms with Gasteiger partial charge in [-0.3, -0.25) is 0 Å². The van der Waals surface area contributed by atoms with E-state index < -0.39 is 18.8 Å². The minimum absolute atomic E-state index is 0.189. The molecule has 0 saturated heterocycles. The zero-order valence-corrected chi connectivity index (χ0v) is 16.4. The van der Waals surface area contributed by atoms with Crippen LogP contribution < -0.4 is 4.72 Å². The summed E-state index contributed by atoms with van der Waals surface area (Å²) in [6.07, 6.45) is 0. The predicted molar refractivity (Wildman–Crippen MR) is 97.1 cm³/mol. The Balaban J connectivity index is 2.43. The van der Waals surface area contributed by atoms with Crippen molar-refractivity contribution in [2.24, 2.45) is 0 Å². The molecule has 118 valence electrons. The third-order valence-electron chi connectivity index (χ3n) is 3.15. The topological polar surface area (TPSA) is 46.2 Å². The quantitative estimate of drug-likeness (QED) is 0.648. The van der Waals surface area contributed by atoms with E-state index in [1.54, 1.807) is 18.2 Å². The van der Waals surface area contributed by atoms with E-state index in [2.05, 4.69) is 36.6 Å². The molecule has 2 aromatic carbocycles. The van der Waals surface area contributed by atoms with Crippen LogP contribution in [0, 0.1) is 6.92 Å². The molecule has 1 N–H and O–H groups in total. The van der Waals surface area contributed by atoms with Crippen LogP contribution in [0.15, 0.2) is 59.5 Å². The Labute approximate surface area is 152 Å². The fourth-order valence-electron chi connectivity index (χ4n) is 2.04. The minimum atomic E-state index is -3.70. The van der Waals surface area contributed by atoms with Crippen LogP contribution in [0.5, 0.6) is 0 Å². The van der Waals surface area contributed by atoms with Gasteiger partial charge in [-0.25, -0.2) is 13.1 Å². The summed E-state index contributed by atoms with van der Waals surface area (Å²) >= 11 is 12.9. The molecule has 2 aromatic rings. The summed E-state index contributed by atoms with van der Waals surface area (Å²) < 4.78 is 26.6. The van der Waals surface area contributed by atoms with Gasteiger partial charge >= 0.3 is 0 Å². The standard InChI is InChI=1S/C15H14Br2ClNO2S/c1-11-7-5-6-10-13(11)14(15(16,17)18)19-22(20,21)12-8-3-2-4-9-12/h2-10,14,19H,1H3. The number of halogens is 3. The molecule has 0 heterocycles. The van der Waals surface area contributed by atoms with Gasteiger partial charge in [0.15, 0.2) is 2.69 Å². The predicted octanol–water partition coefficient (Wildman–Crippen LogP) is 4.70. The van der Waals surface area contributed by atoms with Crippen LogP contribution in [-0.2, 0) is 10.0 Å². The second-order valence-corrected chi connectivity index (χ2v) is 11.6. The van der Waals surface area contributed by atoms with E-state index >= 15 is 0 Å². The first-order valence-corrected chi connectivity index (χ1v) is 9.86. The van der Waals surface area contributed by atoms with Gasteiger partial charge in [-0.15, -0.1) is 0 Å². The second-order valence-electron chi connectivity index (χ2n) is 4.77. The van der Waals surface area contributed by atoms with E-state index in [-0.39, 0.29) is 4.90 Å². The first-order valence-electron chi connectivity index (χ1n) is 6.41. The molecule has 2 rings (SSSR count). The van der Waals surface area contributed by atoms with E-state index in [0.717, 1.165) is 11.1 Å². The molecule has 0 aliphatic heterocycles. The van der Waals surface area contributed by atoms with Crippen LogP contribution >= 0.6 is 43.5 Å². The summed E-state index contributed by atoms with van der Waals surface area (Å²) in [4.78, 5) is 0.189. The van der Waals surface area contributed by atoms with Crippen molar-refractivity contribution in [1.82, 2.24) is 4.72 Å². The van der Waals surface area contributed by atoms with Crippen molar-refractivity contribution in [3.8, 4) is 0 Å². The monoisotopic (exact) mass is 465 g/mol. The van der Waals surface area contributed by atoms with E-state index in [9.17, 15) is 8.42 Å². The summed E-state index contributed by atoms with van der Waals surface area (Å²) in [5.74, 6) is 0. The average molecular weight is 468 g/mol. The molecule has 22 heavy (non-hydrogen) atoms. The second kappa shape index (κ2) is 7.01. The van der Waals surface area contributed by atoms with Gasteiger partial charge in [0, 0.05) is 0 Å². The molecule has 0 aromatic heterocycles. The van der Waals surface area contributed by atoms with Gasteiger partial charge in [0.05, 0.1) is 10.9 Å². The molecular weight excluding hydrogens is 453 g/mol. The van der Waals surface area contributed by atoms with Crippen LogP contribution in [0.4, 0.5) is 0 Å². The minimum Gasteiger partial charge on any atom is -0.207 e. The Kier molecular flexibility index (Phi) is 5.72. The van der Waals surface area contributed by atoms with Crippen LogP contribution in [0.3, 0.4) is 0 Å². The van der Waals surface area contributed by atoms with E-state index in [0.29, 0.717) is 0 Å². The van der Waals surface area contributed by atoms with Crippen LogP contribution in [0.1, 0.15) is 17.2 Å². The van der Waals surface area contributed by atoms with Gasteiger partial charge < -0.3 is 0 Å². The largest absolute Gasteiger partial charge is 0.241 e. The van der Waals surface area contributed by atoms with Crippen LogP contribution in [-0.4, -0.2) is 11.1 Å². The molecule has 0 amide bonds. The maximum Gasteiger partial charge on any atom is 0.241 e. The van der Waals surface area contributed by atoms with Gasteiger partial charge in [-0.1, -0.05) is 85.9 Å². The van der Waals surface area contributed by atoms with Crippen molar-refractivity contribution in [1.29, 1.82) is 0 Å². The lowest BCUT2D eigenvalue weighted by molar-refractivity contribution is 0.562. The highest BCUT2D eigenvalue weighted by atomic mass is 79.9. The highest BCUT2D eigenvalue weighted by molar-refractivity contribution is 9.26. The zero-order chi connectivity index (χ0) is 16.4. The maximum atomic E-state index is 12.6. The lowest BCUT2D eigenvalue weighted by atomic mass is 10.0. The summed E-state index contributed by atoms with van der Waals surface area (Å²) in [5.41, 5.74) is 1.72. The SMILES string of the molecule is Cc1ccccc1C(NS(=O)(=O)c1ccccc1)C(Cl)(Br)Br. The molecular formula is C15H14Br2ClNO2S. The fraction of sp³-hybridized carbons (Fsp3) is 0.200. The first-order chi connectivity index (χ1) is 10.2. The van der Waals surface area contributed by atoms with E-state index in [1.165, 1.54) is 12.1 Å². The van der Waals surface area contributed by atoms with E-state index in [1.807, 2.05) is 31.2 Å². The van der Waals surface area contributed by atoms with Crippen molar-refractivity contribution in [2.75, 3.05) is 0 Å². The molecule has 0 bridgehead atoms. The average Bonchev–Trinajstić information content (AvgIpc) is 2.46. The molecule has 7 heteroatoms. The molecule has 3 nitrogen and oxygen atoms in total. The van der Waals surface area contributed by atoms with Crippen molar-refractivity contribution in [3.05, 3.63) is 65.7 Å². The Morgan fingerprint density at radius 1 is 1.05 bits per heavy atom. The van der Waals surface area contributed by atoms with Gasteiger partial charge in [-0.2, -0.15) is 0 Å². The molecule has 0 fully saturated rings. The van der Waals surface area contributed by atoms with Gasteiger partial charge in [0.1, 0.15) is 0 Å². The normalized spacial score (nSPS) is 13.8. The Morgan fingerprint density at radius 3 is 2.14 bits per heavy atom. The molecule has 0 spiro atoms. The number of sulfonamides is 1. The highest BCUT2D eigenvalue weighted by Gasteiger charge is 2.37. The number of alkyl halides is 3. The third kappa shape index (κ3) is 4.32. The summed E-state index contributed by atoms with van der Waals surface area (Å²) in [6, 6.07) is 15.0. The smallest absolute Gasteiger partial charge is 0.207 e. The summed E-state index contributed by atoms with van der Waals surface area (Å²) in [6.45, 7) is 1.90. The van der Waals surface area contributed by atoms with Crippen molar-refractivity contribution >= 4 is 53.5 Å². The van der Waals surface area contributed by atoms with Crippen LogP contribution in [0.25, 0.3) is 0 Å². The van der Waals surface area contributed by atoms with Crippen molar-refractivity contribution in [2.45, 2.75) is 20.6 Å². The van der Waals surface area contributed by atoms with Gasteiger partial charge in [0.25, 0.3) is 0 Å². The van der Waals surface area contributed by atoms with Gasteiger partial charge in [-0.05, 0) is 30.2 Å². The Hall–Kier alpha value is -0.400. The number of aryl methyl sites for hydroxylation is 1. The van der Waals surface area contributed by atoms with E-state index in [4.69, 9.17) is 11.6 Å². The molecule has 0 saturated carbocycles. The molecule has 0 radical (unpaired) electrons. The zero-order valence-electron chi connectivity index (χ0n) is 11.6. The molecule has 1 unspecified atom stereocenters. The third-order valence-corrected chi connectivity index (χ3v) is 5.73. The number of nitrogens with one attached hydrogen (secondary N) is 1. The first kappa shape index (κ1) is 17.9. The number of hydrogen-bond donors (Lipinski definition) is 1. The molecule has 0 aliphatic rings.